The molecule has 0 saturated heterocycles. The van der Waals surface area contributed by atoms with Crippen molar-refractivity contribution in [1.29, 1.82) is 0 Å². The third kappa shape index (κ3) is 7.91. The van der Waals surface area contributed by atoms with E-state index < -0.39 is 0 Å². The van der Waals surface area contributed by atoms with Crippen LogP contribution in [0.2, 0.25) is 0 Å². The van der Waals surface area contributed by atoms with Crippen LogP contribution >= 0.6 is 0 Å². The van der Waals surface area contributed by atoms with Crippen LogP contribution in [0.4, 0.5) is 0 Å². The fourth-order valence-corrected chi connectivity index (χ4v) is 10.6. The van der Waals surface area contributed by atoms with Gasteiger partial charge in [-0.2, -0.15) is 0 Å². The van der Waals surface area contributed by atoms with Crippen molar-refractivity contribution in [2.24, 2.45) is 52.1 Å². The number of aliphatic hydroxyl groups excluding tert-OH is 1. The van der Waals surface area contributed by atoms with Gasteiger partial charge in [0.2, 0.25) is 0 Å². The summed E-state index contributed by atoms with van der Waals surface area (Å²) in [5, 5.41) is 22.6. The van der Waals surface area contributed by atoms with Crippen molar-refractivity contribution in [3.05, 3.63) is 0 Å². The molecule has 4 aliphatic carbocycles. The van der Waals surface area contributed by atoms with E-state index in [1.807, 2.05) is 0 Å². The molecule has 244 valence electrons. The SMILES string of the molecule is COC(=O)CCC(C)[C@H]1CCC2C3C[C@@H](O)[C@H]4C[C@@H](NCCCNCCCCNCCCN)CC[C@]4(C)C3CC[C@@]21C. The molecule has 6 N–H and O–H groups in total. The third-order valence-electron chi connectivity index (χ3n) is 12.9. The van der Waals surface area contributed by atoms with Crippen molar-refractivity contribution in [2.45, 2.75) is 123 Å². The van der Waals surface area contributed by atoms with E-state index in [0.29, 0.717) is 41.5 Å². The van der Waals surface area contributed by atoms with Crippen LogP contribution in [0.25, 0.3) is 0 Å². The molecule has 0 aliphatic heterocycles. The van der Waals surface area contributed by atoms with Crippen LogP contribution in [0.3, 0.4) is 0 Å². The second-order valence-electron chi connectivity index (χ2n) is 15.2. The number of methoxy groups -OCH3 is 1. The molecule has 4 aliphatic rings. The van der Waals surface area contributed by atoms with E-state index in [9.17, 15) is 9.90 Å². The molecule has 0 amide bonds. The number of carbonyl (C=O) groups is 1. The van der Waals surface area contributed by atoms with E-state index in [0.717, 1.165) is 76.8 Å². The fourth-order valence-electron chi connectivity index (χ4n) is 10.6. The molecule has 7 nitrogen and oxygen atoms in total. The highest BCUT2D eigenvalue weighted by Gasteiger charge is 2.62. The monoisotopic (exact) mass is 591 g/mol. The van der Waals surface area contributed by atoms with E-state index in [2.05, 4.69) is 36.7 Å². The van der Waals surface area contributed by atoms with Crippen molar-refractivity contribution < 1.29 is 14.6 Å². The van der Waals surface area contributed by atoms with E-state index >= 15 is 0 Å². The molecule has 4 fully saturated rings. The lowest BCUT2D eigenvalue weighted by atomic mass is 9.43. The number of fused-ring (bicyclic) bond motifs is 5. The lowest BCUT2D eigenvalue weighted by molar-refractivity contribution is -0.162. The van der Waals surface area contributed by atoms with Crippen molar-refractivity contribution >= 4 is 5.97 Å². The normalized spacial score (nSPS) is 38.4. The Morgan fingerprint density at radius 1 is 0.881 bits per heavy atom. The number of nitrogens with two attached hydrogens (primary N) is 1. The van der Waals surface area contributed by atoms with Crippen LogP contribution in [-0.4, -0.2) is 69.6 Å². The van der Waals surface area contributed by atoms with Gasteiger partial charge in [-0.3, -0.25) is 4.79 Å². The van der Waals surface area contributed by atoms with Gasteiger partial charge in [-0.25, -0.2) is 0 Å². The van der Waals surface area contributed by atoms with Crippen molar-refractivity contribution in [2.75, 3.05) is 46.4 Å². The Hall–Kier alpha value is -0.730. The average molecular weight is 591 g/mol. The minimum absolute atomic E-state index is 0.0739. The maximum Gasteiger partial charge on any atom is 0.305 e. The zero-order chi connectivity index (χ0) is 30.2. The Bertz CT molecular complexity index is 828. The minimum atomic E-state index is -0.162. The summed E-state index contributed by atoms with van der Waals surface area (Å²) in [5.41, 5.74) is 6.16. The molecule has 10 atom stereocenters. The van der Waals surface area contributed by atoms with Gasteiger partial charge in [-0.1, -0.05) is 20.8 Å². The number of unbranched alkanes of at least 4 members (excludes halogenated alkanes) is 1. The smallest absolute Gasteiger partial charge is 0.305 e. The molecule has 0 radical (unpaired) electrons. The predicted molar refractivity (Wildman–Crippen MR) is 172 cm³/mol. The molecule has 4 rings (SSSR count). The molecule has 0 bridgehead atoms. The van der Waals surface area contributed by atoms with E-state index in [1.54, 1.807) is 0 Å². The Balaban J connectivity index is 1.20. The summed E-state index contributed by atoms with van der Waals surface area (Å²) in [6, 6.07) is 0.550. The van der Waals surface area contributed by atoms with Crippen molar-refractivity contribution in [3.63, 3.8) is 0 Å². The zero-order valence-corrected chi connectivity index (χ0v) is 27.6. The maximum absolute atomic E-state index is 11.8. The van der Waals surface area contributed by atoms with Crippen LogP contribution in [0, 0.1) is 46.3 Å². The van der Waals surface area contributed by atoms with Crippen LogP contribution in [-0.2, 0) is 9.53 Å². The largest absolute Gasteiger partial charge is 0.469 e. The van der Waals surface area contributed by atoms with Gasteiger partial charge in [0, 0.05) is 12.5 Å². The first kappa shape index (κ1) is 34.1. The lowest BCUT2D eigenvalue weighted by Gasteiger charge is -2.62. The molecule has 42 heavy (non-hydrogen) atoms. The Labute approximate surface area is 257 Å². The second kappa shape index (κ2) is 16.0. The molecule has 4 unspecified atom stereocenters. The lowest BCUT2D eigenvalue weighted by Crippen LogP contribution is -2.59. The first-order chi connectivity index (χ1) is 20.2. The van der Waals surface area contributed by atoms with Gasteiger partial charge in [-0.05, 0) is 169 Å². The number of esters is 1. The van der Waals surface area contributed by atoms with E-state index in [-0.39, 0.29) is 17.5 Å². The highest BCUT2D eigenvalue weighted by molar-refractivity contribution is 5.69. The molecule has 0 heterocycles. The Kier molecular flexibility index (Phi) is 13.0. The van der Waals surface area contributed by atoms with Gasteiger partial charge >= 0.3 is 5.97 Å². The van der Waals surface area contributed by atoms with Crippen LogP contribution in [0.1, 0.15) is 111 Å². The Morgan fingerprint density at radius 2 is 1.55 bits per heavy atom. The predicted octanol–water partition coefficient (Wildman–Crippen LogP) is 4.86. The van der Waals surface area contributed by atoms with Crippen LogP contribution in [0.5, 0.6) is 0 Å². The number of aliphatic hydroxyl groups is 1. The van der Waals surface area contributed by atoms with Crippen LogP contribution in [0.15, 0.2) is 0 Å². The summed E-state index contributed by atoms with van der Waals surface area (Å²) in [6.07, 6.45) is 15.9. The topological polar surface area (TPSA) is 109 Å². The number of hydrogen-bond donors (Lipinski definition) is 5. The van der Waals surface area contributed by atoms with E-state index in [4.69, 9.17) is 10.5 Å². The molecule has 0 aromatic heterocycles. The average Bonchev–Trinajstić information content (AvgIpc) is 3.34. The summed E-state index contributed by atoms with van der Waals surface area (Å²) in [4.78, 5) is 11.8. The van der Waals surface area contributed by atoms with Gasteiger partial charge in [0.1, 0.15) is 0 Å². The zero-order valence-electron chi connectivity index (χ0n) is 27.6. The maximum atomic E-state index is 11.8. The number of ether oxygens (including phenoxy) is 1. The summed E-state index contributed by atoms with van der Waals surface area (Å²) in [5.74, 6) is 3.75. The van der Waals surface area contributed by atoms with Crippen LogP contribution < -0.4 is 21.7 Å². The van der Waals surface area contributed by atoms with E-state index in [1.165, 1.54) is 64.9 Å². The first-order valence-electron chi connectivity index (χ1n) is 17.8. The third-order valence-corrected chi connectivity index (χ3v) is 12.9. The molecule has 7 heteroatoms. The fraction of sp³-hybridized carbons (Fsp3) is 0.971. The van der Waals surface area contributed by atoms with Gasteiger partial charge < -0.3 is 31.5 Å². The number of carbonyl (C=O) groups excluding carboxylic acids is 1. The summed E-state index contributed by atoms with van der Waals surface area (Å²) < 4.78 is 4.93. The standard InChI is InChI=1S/C35H66N4O3/c1-25(9-12-33(41)42-4)28-10-11-29-27-24-32(40)31-23-26(13-15-35(31,3)30(27)14-16-34(28,29)2)39-22-8-21-38-19-6-5-18-37-20-7-17-36/h25-32,37-40H,5-24,36H2,1-4H3/t25?,26-,27?,28+,29?,30?,31+,32+,34+,35+/m0/s1. The van der Waals surface area contributed by atoms with Crippen molar-refractivity contribution in [1.82, 2.24) is 16.0 Å². The second-order valence-corrected chi connectivity index (χ2v) is 15.2. The molecule has 4 saturated carbocycles. The first-order valence-corrected chi connectivity index (χ1v) is 17.8. The molecule has 0 spiro atoms. The Morgan fingerprint density at radius 3 is 2.26 bits per heavy atom. The molecule has 0 aromatic rings. The minimum Gasteiger partial charge on any atom is -0.469 e. The number of nitrogens with one attached hydrogen (secondary N) is 3. The molecular formula is C35H66N4O3. The quantitative estimate of drug-likeness (QED) is 0.122. The molecule has 0 aromatic carbocycles. The van der Waals surface area contributed by atoms with Gasteiger partial charge in [0.05, 0.1) is 13.2 Å². The highest BCUT2D eigenvalue weighted by Crippen LogP contribution is 2.68. The van der Waals surface area contributed by atoms with Gasteiger partial charge in [0.25, 0.3) is 0 Å². The number of hydrogen-bond acceptors (Lipinski definition) is 7. The van der Waals surface area contributed by atoms with Gasteiger partial charge in [0.15, 0.2) is 0 Å². The summed E-state index contributed by atoms with van der Waals surface area (Å²) in [7, 11) is 1.50. The summed E-state index contributed by atoms with van der Waals surface area (Å²) >= 11 is 0. The molecular weight excluding hydrogens is 524 g/mol. The highest BCUT2D eigenvalue weighted by atomic mass is 16.5. The van der Waals surface area contributed by atoms with Crippen molar-refractivity contribution in [3.8, 4) is 0 Å². The van der Waals surface area contributed by atoms with Gasteiger partial charge in [-0.15, -0.1) is 0 Å². The summed E-state index contributed by atoms with van der Waals surface area (Å²) in [6.45, 7) is 13.6. The number of rotatable bonds is 17.